The number of β-amino-alcohol motifs (C(OH)–C–C–N with tert-alkyl or cyclic N) is 1. The van der Waals surface area contributed by atoms with Gasteiger partial charge >= 0.3 is 0 Å². The second-order valence-corrected chi connectivity index (χ2v) is 5.36. The summed E-state index contributed by atoms with van der Waals surface area (Å²) >= 11 is 0. The topological polar surface area (TPSA) is 35.5 Å². The van der Waals surface area contributed by atoms with Crippen molar-refractivity contribution in [1.29, 1.82) is 0 Å². The minimum Gasteiger partial charge on any atom is -0.389 e. The second-order valence-electron chi connectivity index (χ2n) is 5.36. The minimum atomic E-state index is -0.555. The van der Waals surface area contributed by atoms with Crippen molar-refractivity contribution in [2.24, 2.45) is 5.92 Å². The first kappa shape index (κ1) is 12.9. The van der Waals surface area contributed by atoms with E-state index < -0.39 is 5.60 Å². The molecule has 1 aliphatic rings. The van der Waals surface area contributed by atoms with Gasteiger partial charge in [0.05, 0.1) is 5.60 Å². The fraction of sp³-hybridized carbons (Fsp3) is 1.00. The van der Waals surface area contributed by atoms with Crippen molar-refractivity contribution in [1.82, 2.24) is 10.2 Å². The van der Waals surface area contributed by atoms with Gasteiger partial charge in [-0.3, -0.25) is 0 Å². The lowest BCUT2D eigenvalue weighted by atomic mass is 9.96. The van der Waals surface area contributed by atoms with Gasteiger partial charge in [-0.2, -0.15) is 0 Å². The van der Waals surface area contributed by atoms with Crippen molar-refractivity contribution in [3.63, 3.8) is 0 Å². The van der Waals surface area contributed by atoms with Crippen LogP contribution in [0.3, 0.4) is 0 Å². The van der Waals surface area contributed by atoms with Gasteiger partial charge in [-0.15, -0.1) is 0 Å². The van der Waals surface area contributed by atoms with Crippen LogP contribution in [0.25, 0.3) is 0 Å². The summed E-state index contributed by atoms with van der Waals surface area (Å²) in [5.41, 5.74) is -0.555. The van der Waals surface area contributed by atoms with Crippen LogP contribution >= 0.6 is 0 Å². The van der Waals surface area contributed by atoms with E-state index >= 15 is 0 Å². The normalized spacial score (nSPS) is 24.4. The Morgan fingerprint density at radius 2 is 2.20 bits per heavy atom. The Bertz CT molecular complexity index is 177. The van der Waals surface area contributed by atoms with Crippen LogP contribution in [0, 0.1) is 5.92 Å². The molecule has 1 aliphatic heterocycles. The third-order valence-electron chi connectivity index (χ3n) is 2.90. The van der Waals surface area contributed by atoms with Crippen LogP contribution in [0.5, 0.6) is 0 Å². The highest BCUT2D eigenvalue weighted by atomic mass is 16.3. The lowest BCUT2D eigenvalue weighted by Gasteiger charge is -2.36. The molecular formula is C12H26N2O. The highest BCUT2D eigenvalue weighted by molar-refractivity contribution is 4.79. The van der Waals surface area contributed by atoms with Crippen molar-refractivity contribution < 1.29 is 5.11 Å². The summed E-state index contributed by atoms with van der Waals surface area (Å²) in [5, 5.41) is 13.2. The van der Waals surface area contributed by atoms with E-state index in [1.807, 2.05) is 13.8 Å². The quantitative estimate of drug-likeness (QED) is 0.719. The fourth-order valence-corrected chi connectivity index (χ4v) is 2.36. The van der Waals surface area contributed by atoms with E-state index in [0.29, 0.717) is 0 Å². The van der Waals surface area contributed by atoms with E-state index in [-0.39, 0.29) is 0 Å². The molecule has 15 heavy (non-hydrogen) atoms. The smallest absolute Gasteiger partial charge is 0.0718 e. The van der Waals surface area contributed by atoms with Crippen LogP contribution in [0.4, 0.5) is 0 Å². The van der Waals surface area contributed by atoms with Gasteiger partial charge in [0.2, 0.25) is 0 Å². The van der Waals surface area contributed by atoms with Gasteiger partial charge in [0.1, 0.15) is 0 Å². The fourth-order valence-electron chi connectivity index (χ4n) is 2.36. The van der Waals surface area contributed by atoms with Gasteiger partial charge in [-0.1, -0.05) is 6.92 Å². The molecule has 1 heterocycles. The molecule has 0 spiro atoms. The Morgan fingerprint density at radius 1 is 1.47 bits per heavy atom. The molecule has 0 bridgehead atoms. The number of likely N-dealkylation sites (tertiary alicyclic amines) is 1. The van der Waals surface area contributed by atoms with Crippen LogP contribution in [-0.4, -0.2) is 48.3 Å². The number of hydrogen-bond donors (Lipinski definition) is 2. The molecule has 3 heteroatoms. The lowest BCUT2D eigenvalue weighted by Crippen LogP contribution is -2.45. The number of hydrogen-bond acceptors (Lipinski definition) is 3. The summed E-state index contributed by atoms with van der Waals surface area (Å²) in [6.07, 6.45) is 2.60. The summed E-state index contributed by atoms with van der Waals surface area (Å²) in [7, 11) is 0. The zero-order valence-corrected chi connectivity index (χ0v) is 10.4. The summed E-state index contributed by atoms with van der Waals surface area (Å²) < 4.78 is 0. The Balaban J connectivity index is 2.29. The van der Waals surface area contributed by atoms with Crippen LogP contribution in [-0.2, 0) is 0 Å². The van der Waals surface area contributed by atoms with E-state index in [0.717, 1.165) is 38.6 Å². The minimum absolute atomic E-state index is 0.555. The molecule has 2 N–H and O–H groups in total. The van der Waals surface area contributed by atoms with E-state index in [1.165, 1.54) is 12.8 Å². The van der Waals surface area contributed by atoms with Crippen LogP contribution in [0.1, 0.15) is 33.6 Å². The molecule has 0 aliphatic carbocycles. The Hall–Kier alpha value is -0.120. The molecule has 3 nitrogen and oxygen atoms in total. The van der Waals surface area contributed by atoms with Crippen molar-refractivity contribution in [2.75, 3.05) is 32.7 Å². The molecule has 0 saturated carbocycles. The van der Waals surface area contributed by atoms with E-state index in [9.17, 15) is 5.11 Å². The number of piperidine rings is 1. The first-order chi connectivity index (χ1) is 7.01. The first-order valence-corrected chi connectivity index (χ1v) is 6.16. The zero-order chi connectivity index (χ0) is 11.3. The molecule has 0 aromatic heterocycles. The van der Waals surface area contributed by atoms with Gasteiger partial charge in [-0.05, 0) is 52.2 Å². The third-order valence-corrected chi connectivity index (χ3v) is 2.90. The summed E-state index contributed by atoms with van der Waals surface area (Å²) in [6.45, 7) is 11.2. The molecular weight excluding hydrogens is 188 g/mol. The number of nitrogens with one attached hydrogen (secondary N) is 1. The van der Waals surface area contributed by atoms with Gasteiger partial charge in [0, 0.05) is 13.1 Å². The average molecular weight is 214 g/mol. The lowest BCUT2D eigenvalue weighted by molar-refractivity contribution is 0.0217. The van der Waals surface area contributed by atoms with E-state index in [2.05, 4.69) is 17.1 Å². The SMILES string of the molecule is CCNCC1CCCN(CC(C)(C)O)C1. The molecule has 1 unspecified atom stereocenters. The predicted molar refractivity (Wildman–Crippen MR) is 64.0 cm³/mol. The summed E-state index contributed by atoms with van der Waals surface area (Å²) in [4.78, 5) is 2.39. The first-order valence-electron chi connectivity index (χ1n) is 6.16. The molecule has 0 aromatic carbocycles. The maximum absolute atomic E-state index is 9.77. The van der Waals surface area contributed by atoms with E-state index in [4.69, 9.17) is 0 Å². The number of aliphatic hydroxyl groups is 1. The molecule has 1 rings (SSSR count). The molecule has 0 amide bonds. The molecule has 1 saturated heterocycles. The Labute approximate surface area is 93.9 Å². The zero-order valence-electron chi connectivity index (χ0n) is 10.4. The van der Waals surface area contributed by atoms with Crippen molar-refractivity contribution in [2.45, 2.75) is 39.2 Å². The molecule has 0 radical (unpaired) electrons. The van der Waals surface area contributed by atoms with Gasteiger partial charge < -0.3 is 15.3 Å². The number of nitrogens with zero attached hydrogens (tertiary/aromatic N) is 1. The Kier molecular flexibility index (Phi) is 5.03. The maximum atomic E-state index is 9.77. The van der Waals surface area contributed by atoms with Crippen LogP contribution < -0.4 is 5.32 Å². The summed E-state index contributed by atoms with van der Waals surface area (Å²) in [6, 6.07) is 0. The molecule has 1 fully saturated rings. The second kappa shape index (κ2) is 5.83. The number of rotatable bonds is 5. The van der Waals surface area contributed by atoms with Gasteiger partial charge in [0.25, 0.3) is 0 Å². The van der Waals surface area contributed by atoms with Crippen LogP contribution in [0.15, 0.2) is 0 Å². The van der Waals surface area contributed by atoms with Gasteiger partial charge in [0.15, 0.2) is 0 Å². The highest BCUT2D eigenvalue weighted by Gasteiger charge is 2.24. The Morgan fingerprint density at radius 3 is 2.80 bits per heavy atom. The molecule has 1 atom stereocenters. The molecule has 90 valence electrons. The van der Waals surface area contributed by atoms with Crippen molar-refractivity contribution in [3.8, 4) is 0 Å². The van der Waals surface area contributed by atoms with Crippen molar-refractivity contribution >= 4 is 0 Å². The maximum Gasteiger partial charge on any atom is 0.0718 e. The third kappa shape index (κ3) is 5.50. The molecule has 0 aromatic rings. The van der Waals surface area contributed by atoms with Crippen molar-refractivity contribution in [3.05, 3.63) is 0 Å². The predicted octanol–water partition coefficient (Wildman–Crippen LogP) is 1.08. The largest absolute Gasteiger partial charge is 0.389 e. The summed E-state index contributed by atoms with van der Waals surface area (Å²) in [5.74, 6) is 0.765. The van der Waals surface area contributed by atoms with Gasteiger partial charge in [-0.25, -0.2) is 0 Å². The monoisotopic (exact) mass is 214 g/mol. The highest BCUT2D eigenvalue weighted by Crippen LogP contribution is 2.17. The average Bonchev–Trinajstić information content (AvgIpc) is 2.12. The van der Waals surface area contributed by atoms with E-state index in [1.54, 1.807) is 0 Å². The van der Waals surface area contributed by atoms with Crippen LogP contribution in [0.2, 0.25) is 0 Å². The standard InChI is InChI=1S/C12H26N2O/c1-4-13-8-11-6-5-7-14(9-11)10-12(2,3)15/h11,13,15H,4-10H2,1-3H3.